The molecular weight excluding hydrogens is 294 g/mol. The van der Waals surface area contributed by atoms with E-state index in [1.165, 1.54) is 31.7 Å². The summed E-state index contributed by atoms with van der Waals surface area (Å²) < 4.78 is 0. The maximum atomic E-state index is 12.2. The zero-order chi connectivity index (χ0) is 15.9. The molecule has 1 N–H and O–H groups in total. The topological polar surface area (TPSA) is 35.6 Å². The zero-order valence-corrected chi connectivity index (χ0v) is 14.9. The zero-order valence-electron chi connectivity index (χ0n) is 14.1. The number of amides is 1. The Labute approximate surface area is 138 Å². The van der Waals surface area contributed by atoms with Gasteiger partial charge < -0.3 is 15.1 Å². The average molecular weight is 324 g/mol. The van der Waals surface area contributed by atoms with Crippen LogP contribution in [0.1, 0.15) is 47.8 Å². The first kappa shape index (κ1) is 17.4. The van der Waals surface area contributed by atoms with E-state index >= 15 is 0 Å². The van der Waals surface area contributed by atoms with E-state index in [0.717, 1.165) is 30.8 Å². The van der Waals surface area contributed by atoms with E-state index in [1.807, 2.05) is 5.38 Å². The van der Waals surface area contributed by atoms with Crippen molar-refractivity contribution in [3.8, 4) is 0 Å². The standard InChI is InChI=1S/C17H29N3OS/c1-14(2)15-6-13-22-16(15)17(21)18-7-4-5-8-20-11-9-19(3)10-12-20/h6,13-14H,4-5,7-12H2,1-3H3,(H,18,21). The van der Waals surface area contributed by atoms with E-state index in [0.29, 0.717) is 5.92 Å². The fourth-order valence-corrected chi connectivity index (χ4v) is 3.74. The van der Waals surface area contributed by atoms with Gasteiger partial charge in [0, 0.05) is 32.7 Å². The maximum Gasteiger partial charge on any atom is 0.261 e. The molecule has 1 saturated heterocycles. The highest BCUT2D eigenvalue weighted by atomic mass is 32.1. The molecule has 1 aromatic heterocycles. The third-order valence-corrected chi connectivity index (χ3v) is 5.24. The molecule has 0 spiro atoms. The molecule has 0 unspecified atom stereocenters. The molecule has 0 aliphatic carbocycles. The Morgan fingerprint density at radius 3 is 2.68 bits per heavy atom. The van der Waals surface area contributed by atoms with Gasteiger partial charge in [0.05, 0.1) is 4.88 Å². The molecule has 0 aromatic carbocycles. The van der Waals surface area contributed by atoms with Gasteiger partial charge in [-0.25, -0.2) is 0 Å². The first-order valence-corrected chi connectivity index (χ1v) is 9.22. The Morgan fingerprint density at radius 1 is 1.27 bits per heavy atom. The summed E-state index contributed by atoms with van der Waals surface area (Å²) in [5, 5.41) is 5.08. The van der Waals surface area contributed by atoms with E-state index in [-0.39, 0.29) is 5.91 Å². The summed E-state index contributed by atoms with van der Waals surface area (Å²) in [6.45, 7) is 10.9. The molecule has 1 aromatic rings. The molecule has 5 heteroatoms. The highest BCUT2D eigenvalue weighted by Gasteiger charge is 2.15. The van der Waals surface area contributed by atoms with Crippen molar-refractivity contribution in [1.29, 1.82) is 0 Å². The monoisotopic (exact) mass is 323 g/mol. The lowest BCUT2D eigenvalue weighted by molar-refractivity contribution is 0.0954. The van der Waals surface area contributed by atoms with Gasteiger partial charge in [-0.15, -0.1) is 11.3 Å². The Balaban J connectivity index is 1.62. The quantitative estimate of drug-likeness (QED) is 0.784. The van der Waals surface area contributed by atoms with Gasteiger partial charge in [0.15, 0.2) is 0 Å². The molecule has 0 radical (unpaired) electrons. The SMILES string of the molecule is CC(C)c1ccsc1C(=O)NCCCCN1CCN(C)CC1. The minimum atomic E-state index is 0.0956. The highest BCUT2D eigenvalue weighted by Crippen LogP contribution is 2.24. The number of thiophene rings is 1. The van der Waals surface area contributed by atoms with Gasteiger partial charge in [0.1, 0.15) is 0 Å². The number of carbonyl (C=O) groups is 1. The van der Waals surface area contributed by atoms with Gasteiger partial charge in [0.25, 0.3) is 5.91 Å². The molecule has 1 amide bonds. The molecule has 2 rings (SSSR count). The normalized spacial score (nSPS) is 17.1. The van der Waals surface area contributed by atoms with E-state index in [4.69, 9.17) is 0 Å². The molecule has 0 bridgehead atoms. The number of rotatable bonds is 7. The predicted molar refractivity (Wildman–Crippen MR) is 93.9 cm³/mol. The Kier molecular flexibility index (Phi) is 6.86. The predicted octanol–water partition coefficient (Wildman–Crippen LogP) is 2.63. The number of likely N-dealkylation sites (N-methyl/N-ethyl adjacent to an activating group) is 1. The van der Waals surface area contributed by atoms with Crippen LogP contribution in [0.3, 0.4) is 0 Å². The number of carbonyl (C=O) groups excluding carboxylic acids is 1. The van der Waals surface area contributed by atoms with Crippen molar-refractivity contribution in [2.45, 2.75) is 32.6 Å². The van der Waals surface area contributed by atoms with Crippen LogP contribution in [0.4, 0.5) is 0 Å². The van der Waals surface area contributed by atoms with Crippen LogP contribution in [-0.2, 0) is 0 Å². The summed E-state index contributed by atoms with van der Waals surface area (Å²) in [5.74, 6) is 0.502. The van der Waals surface area contributed by atoms with Crippen molar-refractivity contribution in [2.75, 3.05) is 46.3 Å². The molecule has 124 valence electrons. The maximum absolute atomic E-state index is 12.2. The van der Waals surface area contributed by atoms with Crippen molar-refractivity contribution in [3.63, 3.8) is 0 Å². The van der Waals surface area contributed by atoms with Gasteiger partial charge >= 0.3 is 0 Å². The fourth-order valence-electron chi connectivity index (χ4n) is 2.77. The van der Waals surface area contributed by atoms with Crippen LogP contribution >= 0.6 is 11.3 Å². The van der Waals surface area contributed by atoms with Crippen LogP contribution in [0.5, 0.6) is 0 Å². The second-order valence-electron chi connectivity index (χ2n) is 6.47. The second-order valence-corrected chi connectivity index (χ2v) is 7.38. The van der Waals surface area contributed by atoms with Crippen LogP contribution < -0.4 is 5.32 Å². The molecule has 0 atom stereocenters. The molecule has 1 aliphatic rings. The van der Waals surface area contributed by atoms with Crippen LogP contribution in [0.25, 0.3) is 0 Å². The molecule has 0 saturated carbocycles. The highest BCUT2D eigenvalue weighted by molar-refractivity contribution is 7.12. The van der Waals surface area contributed by atoms with Gasteiger partial charge in [0.2, 0.25) is 0 Å². The summed E-state index contributed by atoms with van der Waals surface area (Å²) in [4.78, 5) is 18.0. The molecular formula is C17H29N3OS. The number of hydrogen-bond acceptors (Lipinski definition) is 4. The van der Waals surface area contributed by atoms with E-state index < -0.39 is 0 Å². The van der Waals surface area contributed by atoms with Gasteiger partial charge in [-0.05, 0) is 49.4 Å². The third-order valence-electron chi connectivity index (χ3n) is 4.31. The van der Waals surface area contributed by atoms with Crippen LogP contribution in [-0.4, -0.2) is 62.0 Å². The summed E-state index contributed by atoms with van der Waals surface area (Å²) in [6, 6.07) is 2.07. The van der Waals surface area contributed by atoms with Crippen molar-refractivity contribution in [3.05, 3.63) is 21.9 Å². The van der Waals surface area contributed by atoms with Crippen molar-refractivity contribution in [1.82, 2.24) is 15.1 Å². The Hall–Kier alpha value is -0.910. The summed E-state index contributed by atoms with van der Waals surface area (Å²) in [7, 11) is 2.18. The number of nitrogens with one attached hydrogen (secondary N) is 1. The van der Waals surface area contributed by atoms with Gasteiger partial charge in [-0.3, -0.25) is 4.79 Å². The van der Waals surface area contributed by atoms with E-state index in [9.17, 15) is 4.79 Å². The average Bonchev–Trinajstić information content (AvgIpc) is 2.98. The minimum Gasteiger partial charge on any atom is -0.351 e. The first-order chi connectivity index (χ1) is 10.6. The Morgan fingerprint density at radius 2 is 2.00 bits per heavy atom. The smallest absolute Gasteiger partial charge is 0.261 e. The largest absolute Gasteiger partial charge is 0.351 e. The number of piperazine rings is 1. The van der Waals surface area contributed by atoms with Gasteiger partial charge in [-0.1, -0.05) is 13.8 Å². The summed E-state index contributed by atoms with van der Waals surface area (Å²) >= 11 is 1.55. The Bertz CT molecular complexity index is 464. The molecule has 22 heavy (non-hydrogen) atoms. The molecule has 1 fully saturated rings. The number of hydrogen-bond donors (Lipinski definition) is 1. The summed E-state index contributed by atoms with van der Waals surface area (Å²) in [5.41, 5.74) is 1.17. The molecule has 2 heterocycles. The minimum absolute atomic E-state index is 0.0956. The van der Waals surface area contributed by atoms with Crippen LogP contribution in [0, 0.1) is 0 Å². The number of unbranched alkanes of at least 4 members (excludes halogenated alkanes) is 1. The second kappa shape index (κ2) is 8.65. The molecule has 4 nitrogen and oxygen atoms in total. The van der Waals surface area contributed by atoms with Crippen molar-refractivity contribution < 1.29 is 4.79 Å². The number of nitrogens with zero attached hydrogens (tertiary/aromatic N) is 2. The van der Waals surface area contributed by atoms with Crippen molar-refractivity contribution >= 4 is 17.2 Å². The molecule has 1 aliphatic heterocycles. The fraction of sp³-hybridized carbons (Fsp3) is 0.706. The van der Waals surface area contributed by atoms with Gasteiger partial charge in [-0.2, -0.15) is 0 Å². The summed E-state index contributed by atoms with van der Waals surface area (Å²) in [6.07, 6.45) is 2.21. The first-order valence-electron chi connectivity index (χ1n) is 8.34. The van der Waals surface area contributed by atoms with Crippen LogP contribution in [0.2, 0.25) is 0 Å². The van der Waals surface area contributed by atoms with Crippen LogP contribution in [0.15, 0.2) is 11.4 Å². The lowest BCUT2D eigenvalue weighted by atomic mass is 10.0. The lowest BCUT2D eigenvalue weighted by Gasteiger charge is -2.32. The third kappa shape index (κ3) is 5.07. The van der Waals surface area contributed by atoms with E-state index in [2.05, 4.69) is 42.1 Å². The van der Waals surface area contributed by atoms with Crippen molar-refractivity contribution in [2.24, 2.45) is 0 Å². The lowest BCUT2D eigenvalue weighted by Crippen LogP contribution is -2.44. The van der Waals surface area contributed by atoms with E-state index in [1.54, 1.807) is 11.3 Å².